The Morgan fingerprint density at radius 3 is 2.88 bits per heavy atom. The van der Waals surface area contributed by atoms with Crippen LogP contribution in [0.3, 0.4) is 0 Å². The van der Waals surface area contributed by atoms with Crippen LogP contribution >= 0.6 is 0 Å². The van der Waals surface area contributed by atoms with Crippen molar-refractivity contribution in [2.75, 3.05) is 5.73 Å². The molecule has 0 saturated heterocycles. The number of carbonyl (C=O) groups is 1. The molecule has 0 aromatic heterocycles. The van der Waals surface area contributed by atoms with Crippen molar-refractivity contribution in [1.82, 2.24) is 5.32 Å². The number of carbonyl (C=O) groups excluding carboxylic acids is 1. The number of hydrogen-bond acceptors (Lipinski definition) is 3. The van der Waals surface area contributed by atoms with Gasteiger partial charge in [0.15, 0.2) is 0 Å². The number of anilines is 1. The minimum Gasteiger partial charge on any atom is -0.398 e. The average molecular weight is 217 g/mol. The molecule has 1 unspecified atom stereocenters. The van der Waals surface area contributed by atoms with Crippen LogP contribution in [0.4, 0.5) is 5.69 Å². The monoisotopic (exact) mass is 217 g/mol. The molecule has 0 aliphatic rings. The molecular formula is C12H15N3O. The molecule has 1 aromatic rings. The van der Waals surface area contributed by atoms with Gasteiger partial charge in [-0.15, -0.1) is 0 Å². The van der Waals surface area contributed by atoms with Crippen LogP contribution in [0.25, 0.3) is 0 Å². The summed E-state index contributed by atoms with van der Waals surface area (Å²) in [4.78, 5) is 11.7. The Morgan fingerprint density at radius 1 is 1.62 bits per heavy atom. The van der Waals surface area contributed by atoms with Crippen LogP contribution in [-0.2, 0) is 0 Å². The van der Waals surface area contributed by atoms with Crippen LogP contribution in [0.15, 0.2) is 18.2 Å². The van der Waals surface area contributed by atoms with Gasteiger partial charge in [-0.3, -0.25) is 4.79 Å². The molecule has 1 atom stereocenters. The largest absolute Gasteiger partial charge is 0.398 e. The van der Waals surface area contributed by atoms with E-state index in [4.69, 9.17) is 11.0 Å². The molecule has 0 spiro atoms. The van der Waals surface area contributed by atoms with E-state index >= 15 is 0 Å². The quantitative estimate of drug-likeness (QED) is 0.755. The highest BCUT2D eigenvalue weighted by atomic mass is 16.1. The molecule has 16 heavy (non-hydrogen) atoms. The van der Waals surface area contributed by atoms with Gasteiger partial charge >= 0.3 is 0 Å². The molecular weight excluding hydrogens is 202 g/mol. The van der Waals surface area contributed by atoms with Crippen molar-refractivity contribution < 1.29 is 4.79 Å². The van der Waals surface area contributed by atoms with Gasteiger partial charge in [0.2, 0.25) is 0 Å². The predicted molar refractivity (Wildman–Crippen MR) is 62.7 cm³/mol. The van der Waals surface area contributed by atoms with E-state index in [1.165, 1.54) is 0 Å². The summed E-state index contributed by atoms with van der Waals surface area (Å²) >= 11 is 0. The van der Waals surface area contributed by atoms with Crippen molar-refractivity contribution in [3.05, 3.63) is 29.3 Å². The number of nitrogens with two attached hydrogens (primary N) is 1. The lowest BCUT2D eigenvalue weighted by Crippen LogP contribution is -2.32. The number of benzene rings is 1. The SMILES string of the molecule is Cc1ccc(C(=O)NC(C)CC#N)cc1N. The Kier molecular flexibility index (Phi) is 3.90. The van der Waals surface area contributed by atoms with Gasteiger partial charge in [-0.2, -0.15) is 5.26 Å². The summed E-state index contributed by atoms with van der Waals surface area (Å²) in [5.41, 5.74) is 7.78. The van der Waals surface area contributed by atoms with E-state index in [0.717, 1.165) is 5.56 Å². The van der Waals surface area contributed by atoms with Crippen molar-refractivity contribution in [1.29, 1.82) is 5.26 Å². The van der Waals surface area contributed by atoms with E-state index in [1.54, 1.807) is 25.1 Å². The van der Waals surface area contributed by atoms with E-state index in [1.807, 2.05) is 13.0 Å². The lowest BCUT2D eigenvalue weighted by atomic mass is 10.1. The van der Waals surface area contributed by atoms with Crippen molar-refractivity contribution in [2.24, 2.45) is 0 Å². The second-order valence-electron chi connectivity index (χ2n) is 3.81. The van der Waals surface area contributed by atoms with Crippen LogP contribution in [0.1, 0.15) is 29.3 Å². The number of nitrogens with one attached hydrogen (secondary N) is 1. The van der Waals surface area contributed by atoms with E-state index < -0.39 is 0 Å². The first kappa shape index (κ1) is 12.1. The van der Waals surface area contributed by atoms with Gasteiger partial charge in [0.25, 0.3) is 5.91 Å². The lowest BCUT2D eigenvalue weighted by molar-refractivity contribution is 0.0941. The normalized spacial score (nSPS) is 11.6. The zero-order valence-electron chi connectivity index (χ0n) is 9.45. The number of nitrogens with zero attached hydrogens (tertiary/aromatic N) is 1. The summed E-state index contributed by atoms with van der Waals surface area (Å²) in [5, 5.41) is 11.2. The summed E-state index contributed by atoms with van der Waals surface area (Å²) in [6, 6.07) is 7.02. The van der Waals surface area contributed by atoms with E-state index in [-0.39, 0.29) is 11.9 Å². The first-order valence-electron chi connectivity index (χ1n) is 5.08. The van der Waals surface area contributed by atoms with Gasteiger partial charge in [0, 0.05) is 17.3 Å². The van der Waals surface area contributed by atoms with Gasteiger partial charge in [0.1, 0.15) is 0 Å². The van der Waals surface area contributed by atoms with E-state index in [9.17, 15) is 4.79 Å². The molecule has 1 aromatic carbocycles. The first-order valence-corrected chi connectivity index (χ1v) is 5.08. The Bertz CT molecular complexity index is 434. The van der Waals surface area contributed by atoms with Crippen LogP contribution in [-0.4, -0.2) is 11.9 Å². The molecule has 0 radical (unpaired) electrons. The van der Waals surface area contributed by atoms with Gasteiger partial charge in [-0.25, -0.2) is 0 Å². The lowest BCUT2D eigenvalue weighted by Gasteiger charge is -2.11. The van der Waals surface area contributed by atoms with Gasteiger partial charge in [-0.1, -0.05) is 6.07 Å². The highest BCUT2D eigenvalue weighted by molar-refractivity contribution is 5.95. The Labute approximate surface area is 95.1 Å². The smallest absolute Gasteiger partial charge is 0.251 e. The molecule has 0 bridgehead atoms. The highest BCUT2D eigenvalue weighted by Gasteiger charge is 2.09. The molecule has 4 nitrogen and oxygen atoms in total. The van der Waals surface area contributed by atoms with Gasteiger partial charge in [-0.05, 0) is 31.5 Å². The van der Waals surface area contributed by atoms with Gasteiger partial charge < -0.3 is 11.1 Å². The van der Waals surface area contributed by atoms with Crippen LogP contribution in [0.2, 0.25) is 0 Å². The fraction of sp³-hybridized carbons (Fsp3) is 0.333. The number of amides is 1. The molecule has 0 heterocycles. The summed E-state index contributed by atoms with van der Waals surface area (Å²) in [6.07, 6.45) is 0.299. The molecule has 84 valence electrons. The molecule has 4 heteroatoms. The maximum atomic E-state index is 11.7. The standard InChI is InChI=1S/C12H15N3O/c1-8-3-4-10(7-11(8)14)12(16)15-9(2)5-6-13/h3-4,7,9H,5,14H2,1-2H3,(H,15,16). The van der Waals surface area contributed by atoms with Crippen molar-refractivity contribution >= 4 is 11.6 Å². The van der Waals surface area contributed by atoms with E-state index in [0.29, 0.717) is 17.7 Å². The van der Waals surface area contributed by atoms with E-state index in [2.05, 4.69) is 5.32 Å². The second kappa shape index (κ2) is 5.17. The number of rotatable bonds is 3. The van der Waals surface area contributed by atoms with Crippen molar-refractivity contribution in [3.8, 4) is 6.07 Å². The number of hydrogen-bond donors (Lipinski definition) is 2. The second-order valence-corrected chi connectivity index (χ2v) is 3.81. The maximum absolute atomic E-state index is 11.7. The summed E-state index contributed by atoms with van der Waals surface area (Å²) < 4.78 is 0. The summed E-state index contributed by atoms with van der Waals surface area (Å²) in [5.74, 6) is -0.200. The number of nitrogen functional groups attached to an aromatic ring is 1. The Hall–Kier alpha value is -2.02. The summed E-state index contributed by atoms with van der Waals surface area (Å²) in [6.45, 7) is 3.67. The first-order chi connectivity index (χ1) is 7.54. The third-order valence-corrected chi connectivity index (χ3v) is 2.32. The zero-order chi connectivity index (χ0) is 12.1. The van der Waals surface area contributed by atoms with Crippen LogP contribution in [0, 0.1) is 18.3 Å². The van der Waals surface area contributed by atoms with Crippen molar-refractivity contribution in [2.45, 2.75) is 26.3 Å². The number of nitriles is 1. The molecule has 3 N–H and O–H groups in total. The highest BCUT2D eigenvalue weighted by Crippen LogP contribution is 2.12. The number of aryl methyl sites for hydroxylation is 1. The fourth-order valence-corrected chi connectivity index (χ4v) is 1.28. The van der Waals surface area contributed by atoms with Crippen LogP contribution < -0.4 is 11.1 Å². The molecule has 0 aliphatic heterocycles. The summed E-state index contributed by atoms with van der Waals surface area (Å²) in [7, 11) is 0. The Balaban J connectivity index is 2.74. The maximum Gasteiger partial charge on any atom is 0.251 e. The van der Waals surface area contributed by atoms with Gasteiger partial charge in [0.05, 0.1) is 12.5 Å². The molecule has 0 aliphatic carbocycles. The molecule has 0 saturated carbocycles. The van der Waals surface area contributed by atoms with Crippen LogP contribution in [0.5, 0.6) is 0 Å². The molecule has 1 rings (SSSR count). The van der Waals surface area contributed by atoms with Crippen molar-refractivity contribution in [3.63, 3.8) is 0 Å². The molecule has 1 amide bonds. The third kappa shape index (κ3) is 2.99. The third-order valence-electron chi connectivity index (χ3n) is 2.32. The fourth-order valence-electron chi connectivity index (χ4n) is 1.28. The zero-order valence-corrected chi connectivity index (χ0v) is 9.45. The molecule has 0 fully saturated rings. The topological polar surface area (TPSA) is 78.9 Å². The Morgan fingerprint density at radius 2 is 2.31 bits per heavy atom. The predicted octanol–water partition coefficient (Wildman–Crippen LogP) is 1.61. The minimum atomic E-state index is -0.200. The minimum absolute atomic E-state index is 0.153. The average Bonchev–Trinajstić information content (AvgIpc) is 2.22.